The molecule has 11 heteroatoms. The Kier molecular flexibility index (Phi) is 8.97. The fourth-order valence-corrected chi connectivity index (χ4v) is 5.30. The number of unbranched alkanes of at least 4 members (excludes halogenated alkanes) is 1. The maximum Gasteiger partial charge on any atom is 0.353 e. The van der Waals surface area contributed by atoms with Gasteiger partial charge in [0, 0.05) is 35.4 Å². The molecule has 2 heterocycles. The Balaban J connectivity index is 2.08. The first-order valence-electron chi connectivity index (χ1n) is 9.83. The Morgan fingerprint density at radius 2 is 2.13 bits per heavy atom. The number of aliphatic carboxylic acids is 1. The van der Waals surface area contributed by atoms with E-state index in [-0.39, 0.29) is 35.7 Å². The molecule has 2 amide bonds. The summed E-state index contributed by atoms with van der Waals surface area (Å²) in [5.74, 6) is -2.28. The molecule has 1 saturated heterocycles. The van der Waals surface area contributed by atoms with Gasteiger partial charge >= 0.3 is 5.97 Å². The second-order valence-corrected chi connectivity index (χ2v) is 8.84. The van der Waals surface area contributed by atoms with Crippen LogP contribution in [-0.4, -0.2) is 69.3 Å². The monoisotopic (exact) mass is 458 g/mol. The van der Waals surface area contributed by atoms with E-state index in [4.69, 9.17) is 22.6 Å². The van der Waals surface area contributed by atoms with Crippen LogP contribution in [0.2, 0.25) is 0 Å². The number of thioether (sulfide) groups is 1. The number of hydrogen-bond donors (Lipinski definition) is 4. The van der Waals surface area contributed by atoms with Crippen molar-refractivity contribution in [3.8, 4) is 6.07 Å². The molecular formula is C19H27ClN4O5S. The zero-order valence-electron chi connectivity index (χ0n) is 16.7. The molecule has 1 fully saturated rings. The van der Waals surface area contributed by atoms with Crippen LogP contribution in [0, 0.1) is 23.2 Å². The smallest absolute Gasteiger partial charge is 0.353 e. The number of alkyl halides is 1. The van der Waals surface area contributed by atoms with Gasteiger partial charge in [0.2, 0.25) is 11.8 Å². The number of amides is 2. The molecule has 0 aliphatic carbocycles. The minimum atomic E-state index is -1.18. The number of fused-ring (bicyclic) bond motifs is 1. The lowest BCUT2D eigenvalue weighted by Gasteiger charge is -2.47. The highest BCUT2D eigenvalue weighted by Crippen LogP contribution is 2.52. The second kappa shape index (κ2) is 11.0. The number of carboxylic acid groups (broad SMARTS) is 1. The van der Waals surface area contributed by atoms with Crippen LogP contribution in [0.15, 0.2) is 10.6 Å². The Bertz CT molecular complexity index is 754. The van der Waals surface area contributed by atoms with Gasteiger partial charge in [0.1, 0.15) is 5.70 Å². The fourth-order valence-electron chi connectivity index (χ4n) is 3.96. The molecule has 0 aromatic rings. The summed E-state index contributed by atoms with van der Waals surface area (Å²) in [5.41, 5.74) is 5.52. The van der Waals surface area contributed by atoms with Crippen LogP contribution >= 0.6 is 23.4 Å². The number of nitrogens with two attached hydrogens (primary N) is 1. The molecule has 0 spiro atoms. The topological polar surface area (TPSA) is 157 Å². The summed E-state index contributed by atoms with van der Waals surface area (Å²) in [6.07, 6.45) is 1.31. The first kappa shape index (κ1) is 24.5. The van der Waals surface area contributed by atoms with E-state index in [1.165, 1.54) is 23.6 Å². The van der Waals surface area contributed by atoms with Crippen molar-refractivity contribution in [2.24, 2.45) is 17.6 Å². The minimum Gasteiger partial charge on any atom is -0.477 e. The second-order valence-electron chi connectivity index (χ2n) is 7.39. The van der Waals surface area contributed by atoms with Gasteiger partial charge in [-0.3, -0.25) is 9.59 Å². The summed E-state index contributed by atoms with van der Waals surface area (Å²) in [6.45, 7) is 1.95. The largest absolute Gasteiger partial charge is 0.477 e. The molecule has 2 rings (SSSR count). The average Bonchev–Trinajstić information content (AvgIpc) is 2.96. The van der Waals surface area contributed by atoms with Crippen LogP contribution in [-0.2, 0) is 14.4 Å². The lowest BCUT2D eigenvalue weighted by molar-refractivity contribution is -0.163. The summed E-state index contributed by atoms with van der Waals surface area (Å²) in [6, 6.07) is 0.884. The Morgan fingerprint density at radius 1 is 1.43 bits per heavy atom. The average molecular weight is 459 g/mol. The fraction of sp³-hybridized carbons (Fsp3) is 0.684. The number of nitrogens with one attached hydrogen (secondary N) is 1. The van der Waals surface area contributed by atoms with E-state index in [0.29, 0.717) is 36.5 Å². The van der Waals surface area contributed by atoms with Crippen LogP contribution in [0.4, 0.5) is 0 Å². The number of nitriles is 1. The van der Waals surface area contributed by atoms with Gasteiger partial charge in [-0.2, -0.15) is 5.26 Å². The van der Waals surface area contributed by atoms with Crippen molar-refractivity contribution in [1.29, 1.82) is 5.26 Å². The van der Waals surface area contributed by atoms with E-state index < -0.39 is 30.1 Å². The molecule has 9 nitrogen and oxygen atoms in total. The minimum absolute atomic E-state index is 0.0313. The highest BCUT2D eigenvalue weighted by molar-refractivity contribution is 8.03. The third kappa shape index (κ3) is 5.09. The number of hydrogen-bond acceptors (Lipinski definition) is 7. The third-order valence-electron chi connectivity index (χ3n) is 5.35. The molecule has 0 saturated carbocycles. The number of carbonyl (C=O) groups excluding carboxylic acids is 2. The molecule has 5 N–H and O–H groups in total. The Hall–Kier alpha value is -1.80. The van der Waals surface area contributed by atoms with Gasteiger partial charge < -0.3 is 26.2 Å². The predicted octanol–water partition coefficient (Wildman–Crippen LogP) is 0.620. The zero-order valence-corrected chi connectivity index (χ0v) is 18.3. The van der Waals surface area contributed by atoms with E-state index in [2.05, 4.69) is 5.32 Å². The zero-order chi connectivity index (χ0) is 22.4. The molecule has 0 aromatic heterocycles. The highest BCUT2D eigenvalue weighted by atomic mass is 35.5. The molecular weight excluding hydrogens is 432 g/mol. The molecule has 5 atom stereocenters. The SMILES string of the molecule is C[C@@H](O)[C@H]1C(=O)N2C(C(=O)O)=C(SCCC#N)[C@H](CCCCNC(=O)[C@@H](N)CCl)[C@H]12. The summed E-state index contributed by atoms with van der Waals surface area (Å²) < 4.78 is 0. The lowest BCUT2D eigenvalue weighted by atomic mass is 9.77. The molecule has 0 radical (unpaired) electrons. The molecule has 166 valence electrons. The van der Waals surface area contributed by atoms with Crippen molar-refractivity contribution in [3.63, 3.8) is 0 Å². The number of β-lactam (4-membered cyclic amide) rings is 1. The first-order valence-corrected chi connectivity index (χ1v) is 11.4. The van der Waals surface area contributed by atoms with Crippen molar-refractivity contribution >= 4 is 41.1 Å². The molecule has 30 heavy (non-hydrogen) atoms. The summed E-state index contributed by atoms with van der Waals surface area (Å²) in [7, 11) is 0. The number of carboxylic acids is 1. The predicted molar refractivity (Wildman–Crippen MR) is 112 cm³/mol. The van der Waals surface area contributed by atoms with Crippen molar-refractivity contribution < 1.29 is 24.6 Å². The van der Waals surface area contributed by atoms with Crippen molar-refractivity contribution in [2.45, 2.75) is 50.8 Å². The van der Waals surface area contributed by atoms with Crippen LogP contribution in [0.5, 0.6) is 0 Å². The van der Waals surface area contributed by atoms with Gasteiger partial charge in [0.15, 0.2) is 0 Å². The van der Waals surface area contributed by atoms with Crippen LogP contribution in [0.1, 0.15) is 32.6 Å². The highest BCUT2D eigenvalue weighted by Gasteiger charge is 2.60. The van der Waals surface area contributed by atoms with Gasteiger partial charge in [-0.05, 0) is 19.8 Å². The van der Waals surface area contributed by atoms with Gasteiger partial charge in [0.25, 0.3) is 0 Å². The van der Waals surface area contributed by atoms with Crippen LogP contribution in [0.25, 0.3) is 0 Å². The van der Waals surface area contributed by atoms with Crippen molar-refractivity contribution in [2.75, 3.05) is 18.2 Å². The number of aliphatic hydroxyl groups is 1. The molecule has 0 bridgehead atoms. The summed E-state index contributed by atoms with van der Waals surface area (Å²) in [4.78, 5) is 37.9. The maximum atomic E-state index is 12.5. The molecule has 2 aliphatic rings. The number of nitrogens with zero attached hydrogens (tertiary/aromatic N) is 2. The quantitative estimate of drug-likeness (QED) is 0.188. The molecule has 0 aromatic carbocycles. The molecule has 2 aliphatic heterocycles. The number of rotatable bonds is 12. The number of halogens is 1. The molecule has 0 unspecified atom stereocenters. The summed E-state index contributed by atoms with van der Waals surface area (Å²) >= 11 is 6.85. The standard InChI is InChI=1S/C19H27ClN4O5S/c1-10(25)13-14-11(5-2-3-7-23-17(26)12(22)9-20)16(30-8-4-6-21)15(19(28)29)24(14)18(13)27/h10-14,25H,2-5,7-9,22H2,1H3,(H,23,26)(H,28,29)/t10-,11-,12+,13-,14-/m1/s1. The Morgan fingerprint density at radius 3 is 2.70 bits per heavy atom. The normalized spacial score (nSPS) is 24.7. The maximum absolute atomic E-state index is 12.5. The van der Waals surface area contributed by atoms with E-state index >= 15 is 0 Å². The van der Waals surface area contributed by atoms with E-state index in [1.54, 1.807) is 0 Å². The number of aliphatic hydroxyl groups excluding tert-OH is 1. The van der Waals surface area contributed by atoms with Gasteiger partial charge in [-0.1, -0.05) is 6.42 Å². The van der Waals surface area contributed by atoms with Crippen LogP contribution in [0.3, 0.4) is 0 Å². The van der Waals surface area contributed by atoms with Gasteiger partial charge in [0.05, 0.1) is 30.2 Å². The van der Waals surface area contributed by atoms with Gasteiger partial charge in [-0.25, -0.2) is 4.79 Å². The van der Waals surface area contributed by atoms with Crippen molar-refractivity contribution in [3.05, 3.63) is 10.6 Å². The number of carbonyl (C=O) groups is 3. The summed E-state index contributed by atoms with van der Waals surface area (Å²) in [5, 5.41) is 31.3. The Labute approximate surface area is 184 Å². The lowest BCUT2D eigenvalue weighted by Crippen LogP contribution is -2.63. The van der Waals surface area contributed by atoms with E-state index in [0.717, 1.165) is 0 Å². The van der Waals surface area contributed by atoms with Crippen molar-refractivity contribution in [1.82, 2.24) is 10.2 Å². The first-order chi connectivity index (χ1) is 14.3. The van der Waals surface area contributed by atoms with Crippen LogP contribution < -0.4 is 11.1 Å². The van der Waals surface area contributed by atoms with Gasteiger partial charge in [-0.15, -0.1) is 23.4 Å². The van der Waals surface area contributed by atoms with E-state index in [9.17, 15) is 24.6 Å². The van der Waals surface area contributed by atoms with E-state index in [1.807, 2.05) is 6.07 Å². The third-order valence-corrected chi connectivity index (χ3v) is 6.90.